The number of para-hydroxylation sites is 2. The van der Waals surface area contributed by atoms with Crippen LogP contribution in [0.3, 0.4) is 0 Å². The molecular formula is C38H42FeN2P2-6. The molecule has 0 radical (unpaired) electrons. The largest absolute Gasteiger partial charge is 0.748 e. The van der Waals surface area contributed by atoms with Crippen molar-refractivity contribution in [3.8, 4) is 0 Å². The quantitative estimate of drug-likeness (QED) is 0.108. The molecule has 5 heteroatoms. The molecule has 2 heterocycles. The van der Waals surface area contributed by atoms with Crippen LogP contribution in [0.1, 0.15) is 75.2 Å². The number of hydrogen-bond acceptors (Lipinski definition) is 2. The molecule has 0 N–H and O–H groups in total. The van der Waals surface area contributed by atoms with Gasteiger partial charge in [0.25, 0.3) is 0 Å². The first kappa shape index (κ1) is 33.2. The molecule has 6 rings (SSSR count). The van der Waals surface area contributed by atoms with E-state index in [1.54, 1.807) is 0 Å². The Morgan fingerprint density at radius 3 is 1.51 bits per heavy atom. The predicted molar refractivity (Wildman–Crippen MR) is 188 cm³/mol. The second kappa shape index (κ2) is 13.1. The molecule has 6 aromatic rings. The molecule has 0 aliphatic carbocycles. The number of rotatable bonds is 4. The summed E-state index contributed by atoms with van der Waals surface area (Å²) in [4.78, 5) is 10.6. The normalized spacial score (nSPS) is 12.1. The van der Waals surface area contributed by atoms with Crippen LogP contribution >= 0.6 is 18.5 Å². The van der Waals surface area contributed by atoms with E-state index in [1.165, 1.54) is 22.3 Å². The van der Waals surface area contributed by atoms with Crippen LogP contribution in [0.25, 0.3) is 21.8 Å². The molecule has 0 bridgehead atoms. The maximum Gasteiger partial charge on any atom is 0.0705 e. The third-order valence-electron chi connectivity index (χ3n) is 7.89. The Morgan fingerprint density at radius 1 is 0.674 bits per heavy atom. The Hall–Kier alpha value is -2.66. The SMILES string of the molecule is CC(C)(C)c1c(C(P)(c2ccc3ccccc3n2)c2ccc3ccccc3n2)c(CP)c[c-]1C(C)(C)C.[Fe].[cH-]1[cH-][cH-][cH-][cH-]1. The van der Waals surface area contributed by atoms with E-state index in [-0.39, 0.29) is 27.9 Å². The average Bonchev–Trinajstić information content (AvgIpc) is 3.68. The molecule has 2 atom stereocenters. The van der Waals surface area contributed by atoms with E-state index < -0.39 is 5.16 Å². The van der Waals surface area contributed by atoms with E-state index >= 15 is 0 Å². The molecule has 2 nitrogen and oxygen atoms in total. The van der Waals surface area contributed by atoms with Crippen LogP contribution in [-0.2, 0) is 39.2 Å². The van der Waals surface area contributed by atoms with E-state index in [4.69, 9.17) is 9.97 Å². The summed E-state index contributed by atoms with van der Waals surface area (Å²) in [5.41, 5.74) is 9.39. The molecule has 0 saturated heterocycles. The minimum atomic E-state index is -0.619. The number of aromatic nitrogens is 2. The molecule has 0 aliphatic heterocycles. The predicted octanol–water partition coefficient (Wildman–Crippen LogP) is 10.0. The summed E-state index contributed by atoms with van der Waals surface area (Å²) in [6, 6.07) is 37.9. The van der Waals surface area contributed by atoms with E-state index in [2.05, 4.69) is 139 Å². The molecule has 2 unspecified atom stereocenters. The second-order valence-electron chi connectivity index (χ2n) is 13.1. The summed E-state index contributed by atoms with van der Waals surface area (Å²) < 4.78 is 0. The van der Waals surface area contributed by atoms with Crippen molar-refractivity contribution in [2.75, 3.05) is 0 Å². The van der Waals surface area contributed by atoms with Crippen LogP contribution in [0.15, 0.2) is 109 Å². The van der Waals surface area contributed by atoms with Crippen molar-refractivity contribution in [1.82, 2.24) is 9.97 Å². The van der Waals surface area contributed by atoms with Crippen molar-refractivity contribution in [2.45, 2.75) is 63.7 Å². The fourth-order valence-corrected chi connectivity index (χ4v) is 6.85. The maximum atomic E-state index is 5.28. The number of pyridine rings is 2. The van der Waals surface area contributed by atoms with Crippen molar-refractivity contribution in [1.29, 1.82) is 0 Å². The van der Waals surface area contributed by atoms with Gasteiger partial charge in [-0.25, -0.2) is 0 Å². The smallest absolute Gasteiger partial charge is 0.0705 e. The number of benzene rings is 2. The van der Waals surface area contributed by atoms with Crippen molar-refractivity contribution in [3.05, 3.63) is 143 Å². The fourth-order valence-electron chi connectivity index (χ4n) is 5.88. The average molecular weight is 645 g/mol. The molecule has 0 saturated carbocycles. The monoisotopic (exact) mass is 644 g/mol. The van der Waals surface area contributed by atoms with Gasteiger partial charge in [0.05, 0.1) is 11.0 Å². The van der Waals surface area contributed by atoms with Gasteiger partial charge in [-0.2, -0.15) is 22.8 Å². The fraction of sp³-hybridized carbons (Fsp3) is 0.263. The van der Waals surface area contributed by atoms with E-state index in [0.717, 1.165) is 39.4 Å². The van der Waals surface area contributed by atoms with Crippen molar-refractivity contribution in [2.24, 2.45) is 0 Å². The number of fused-ring (bicyclic) bond motifs is 2. The Bertz CT molecular complexity index is 1710. The van der Waals surface area contributed by atoms with Gasteiger partial charge in [-0.1, -0.05) is 102 Å². The van der Waals surface area contributed by atoms with E-state index in [0.29, 0.717) is 0 Å². The van der Waals surface area contributed by atoms with Gasteiger partial charge in [-0.15, -0.1) is 24.0 Å². The Morgan fingerprint density at radius 2 is 1.12 bits per heavy atom. The topological polar surface area (TPSA) is 25.8 Å². The summed E-state index contributed by atoms with van der Waals surface area (Å²) in [6.45, 7) is 14.0. The molecule has 43 heavy (non-hydrogen) atoms. The van der Waals surface area contributed by atoms with Crippen molar-refractivity contribution >= 4 is 40.3 Å². The Labute approximate surface area is 272 Å². The van der Waals surface area contributed by atoms with Crippen LogP contribution in [-0.4, -0.2) is 9.97 Å². The zero-order chi connectivity index (χ0) is 30.1. The van der Waals surface area contributed by atoms with Gasteiger partial charge in [0.15, 0.2) is 0 Å². The van der Waals surface area contributed by atoms with E-state index in [1.807, 2.05) is 30.3 Å². The molecule has 2 aromatic heterocycles. The minimum Gasteiger partial charge on any atom is -0.748 e. The van der Waals surface area contributed by atoms with Crippen LogP contribution in [0.2, 0.25) is 0 Å². The standard InChI is InChI=1S/C33H37N2P2.C5H5.Fe/c1-31(2,3)24-19-23(20-36)29(30(24)32(4,5)6)33(37,27-17-15-21-11-7-9-13-25(21)34-27)28-18-16-22-12-8-10-14-26(22)35-28;1-2-4-5-3-1;/h7-19H,20,36-37H2,1-6H3;1-5H;/q-1;-5;. The molecule has 228 valence electrons. The number of nitrogens with zero attached hydrogens (tertiary/aromatic N) is 2. The van der Waals surface area contributed by atoms with Gasteiger partial charge in [0.2, 0.25) is 0 Å². The maximum absolute atomic E-state index is 5.28. The molecule has 0 fully saturated rings. The summed E-state index contributed by atoms with van der Waals surface area (Å²) >= 11 is 0. The van der Waals surface area contributed by atoms with Crippen molar-refractivity contribution < 1.29 is 17.1 Å². The summed E-state index contributed by atoms with van der Waals surface area (Å²) in [5.74, 6) is 0. The van der Waals surface area contributed by atoms with E-state index in [9.17, 15) is 0 Å². The first-order valence-electron chi connectivity index (χ1n) is 14.7. The molecular weight excluding hydrogens is 602 g/mol. The third-order valence-corrected chi connectivity index (χ3v) is 9.21. The minimum absolute atomic E-state index is 0. The zero-order valence-corrected chi connectivity index (χ0v) is 29.4. The number of hydrogen-bond donors (Lipinski definition) is 0. The van der Waals surface area contributed by atoms with Gasteiger partial charge >= 0.3 is 0 Å². The first-order chi connectivity index (χ1) is 19.9. The summed E-state index contributed by atoms with van der Waals surface area (Å²) in [5, 5.41) is 1.67. The van der Waals surface area contributed by atoms with Gasteiger partial charge in [0.1, 0.15) is 0 Å². The van der Waals surface area contributed by atoms with Gasteiger partial charge < -0.3 is 30.3 Å². The molecule has 0 amide bonds. The Kier molecular flexibility index (Phi) is 10.2. The van der Waals surface area contributed by atoms with Crippen LogP contribution < -0.4 is 0 Å². The molecule has 0 spiro atoms. The van der Waals surface area contributed by atoms with Crippen LogP contribution in [0, 0.1) is 0 Å². The molecule has 4 aromatic carbocycles. The van der Waals surface area contributed by atoms with Crippen molar-refractivity contribution in [3.63, 3.8) is 0 Å². The van der Waals surface area contributed by atoms with Crippen LogP contribution in [0.5, 0.6) is 0 Å². The molecule has 0 aliphatic rings. The first-order valence-corrected chi connectivity index (χ1v) is 16.1. The third kappa shape index (κ3) is 6.72. The second-order valence-corrected chi connectivity index (χ2v) is 14.4. The van der Waals surface area contributed by atoms with Crippen LogP contribution in [0.4, 0.5) is 0 Å². The zero-order valence-electron chi connectivity index (χ0n) is 26.0. The van der Waals surface area contributed by atoms with Gasteiger partial charge in [0, 0.05) is 44.4 Å². The Balaban J connectivity index is 0.000000641. The van der Waals surface area contributed by atoms with Gasteiger partial charge in [-0.3, -0.25) is 9.97 Å². The van der Waals surface area contributed by atoms with Gasteiger partial charge in [-0.05, 0) is 29.7 Å². The summed E-state index contributed by atoms with van der Waals surface area (Å²) in [6.07, 6.45) is 0.867. The summed E-state index contributed by atoms with van der Waals surface area (Å²) in [7, 11) is 6.21.